The summed E-state index contributed by atoms with van der Waals surface area (Å²) in [6.45, 7) is 4.12. The summed E-state index contributed by atoms with van der Waals surface area (Å²) in [6, 6.07) is -0.743. The van der Waals surface area contributed by atoms with Gasteiger partial charge in [-0.2, -0.15) is 0 Å². The average molecular weight is 214 g/mol. The second-order valence-corrected chi connectivity index (χ2v) is 4.02. The van der Waals surface area contributed by atoms with Crippen LogP contribution in [0.15, 0.2) is 0 Å². The van der Waals surface area contributed by atoms with Crippen molar-refractivity contribution in [3.63, 3.8) is 0 Å². The summed E-state index contributed by atoms with van der Waals surface area (Å²) in [5.41, 5.74) is 5.64. The third kappa shape index (κ3) is 2.28. The zero-order valence-corrected chi connectivity index (χ0v) is 9.14. The molecule has 0 saturated carbocycles. The molecule has 0 spiro atoms. The second kappa shape index (κ2) is 4.61. The van der Waals surface area contributed by atoms with Crippen LogP contribution in [0, 0.1) is 5.92 Å². The molecule has 0 aliphatic carbocycles. The molecule has 1 aliphatic rings. The first kappa shape index (κ1) is 12.0. The summed E-state index contributed by atoms with van der Waals surface area (Å²) in [5, 5.41) is 8.91. The quantitative estimate of drug-likeness (QED) is 0.695. The lowest BCUT2D eigenvalue weighted by Gasteiger charge is -2.25. The number of rotatable bonds is 3. The molecule has 1 rings (SSSR count). The highest BCUT2D eigenvalue weighted by molar-refractivity contribution is 5.83. The zero-order valence-electron chi connectivity index (χ0n) is 9.14. The lowest BCUT2D eigenvalue weighted by molar-refractivity contribution is -0.143. The van der Waals surface area contributed by atoms with Crippen LogP contribution in [0.3, 0.4) is 0 Å². The molecule has 3 atom stereocenters. The monoisotopic (exact) mass is 214 g/mol. The van der Waals surface area contributed by atoms with Crippen molar-refractivity contribution in [2.45, 2.75) is 38.8 Å². The number of nitrogens with zero attached hydrogens (tertiary/aromatic N) is 1. The Bertz CT molecular complexity index is 267. The molecule has 0 aromatic rings. The molecule has 5 heteroatoms. The summed E-state index contributed by atoms with van der Waals surface area (Å²) < 4.78 is 0. The maximum atomic E-state index is 11.8. The maximum absolute atomic E-state index is 11.8. The fourth-order valence-corrected chi connectivity index (χ4v) is 1.97. The van der Waals surface area contributed by atoms with E-state index in [2.05, 4.69) is 0 Å². The first-order valence-electron chi connectivity index (χ1n) is 5.27. The average Bonchev–Trinajstić information content (AvgIpc) is 2.57. The standard InChI is InChI=1S/C10H18N2O3/c1-3-8(11)9(13)12-5-4-7(6(12)2)10(14)15/h6-8H,3-5,11H2,1-2H3,(H,14,15)/t6?,7?,8-/m1/s1. The summed E-state index contributed by atoms with van der Waals surface area (Å²) in [6.07, 6.45) is 1.11. The Morgan fingerprint density at radius 2 is 2.20 bits per heavy atom. The number of hydrogen-bond acceptors (Lipinski definition) is 3. The molecule has 3 N–H and O–H groups in total. The van der Waals surface area contributed by atoms with Crippen molar-refractivity contribution >= 4 is 11.9 Å². The van der Waals surface area contributed by atoms with E-state index in [0.717, 1.165) is 0 Å². The molecule has 1 fully saturated rings. The third-order valence-electron chi connectivity index (χ3n) is 3.11. The first-order valence-corrected chi connectivity index (χ1v) is 5.27. The van der Waals surface area contributed by atoms with E-state index in [9.17, 15) is 9.59 Å². The van der Waals surface area contributed by atoms with Gasteiger partial charge in [0, 0.05) is 12.6 Å². The zero-order chi connectivity index (χ0) is 11.6. The Balaban J connectivity index is 2.67. The number of carboxylic acids is 1. The molecule has 0 radical (unpaired) electrons. The molecule has 0 bridgehead atoms. The van der Waals surface area contributed by atoms with E-state index < -0.39 is 17.9 Å². The van der Waals surface area contributed by atoms with Gasteiger partial charge in [-0.3, -0.25) is 9.59 Å². The van der Waals surface area contributed by atoms with Gasteiger partial charge in [-0.1, -0.05) is 6.92 Å². The minimum atomic E-state index is -0.831. The van der Waals surface area contributed by atoms with Crippen molar-refractivity contribution in [3.8, 4) is 0 Å². The summed E-state index contributed by atoms with van der Waals surface area (Å²) in [4.78, 5) is 24.2. The lowest BCUT2D eigenvalue weighted by atomic mass is 10.0. The van der Waals surface area contributed by atoms with Crippen LogP contribution in [0.2, 0.25) is 0 Å². The van der Waals surface area contributed by atoms with E-state index >= 15 is 0 Å². The molecule has 1 amide bonds. The van der Waals surface area contributed by atoms with Crippen molar-refractivity contribution in [2.24, 2.45) is 11.7 Å². The van der Waals surface area contributed by atoms with E-state index in [1.807, 2.05) is 6.92 Å². The van der Waals surface area contributed by atoms with Gasteiger partial charge in [0.05, 0.1) is 12.0 Å². The van der Waals surface area contributed by atoms with Crippen LogP contribution in [0.4, 0.5) is 0 Å². The van der Waals surface area contributed by atoms with Crippen molar-refractivity contribution in [1.82, 2.24) is 4.90 Å². The summed E-state index contributed by atoms with van der Waals surface area (Å²) in [7, 11) is 0. The van der Waals surface area contributed by atoms with Crippen LogP contribution in [-0.2, 0) is 9.59 Å². The predicted octanol–water partition coefficient (Wildman–Crippen LogP) is 0.0453. The molecule has 86 valence electrons. The van der Waals surface area contributed by atoms with Crippen molar-refractivity contribution in [1.29, 1.82) is 0 Å². The molecule has 15 heavy (non-hydrogen) atoms. The van der Waals surface area contributed by atoms with Gasteiger partial charge >= 0.3 is 5.97 Å². The van der Waals surface area contributed by atoms with E-state index in [1.165, 1.54) is 0 Å². The molecule has 1 saturated heterocycles. The molecule has 1 aliphatic heterocycles. The Labute approximate surface area is 89.2 Å². The number of carboxylic acid groups (broad SMARTS) is 1. The number of carbonyl (C=O) groups excluding carboxylic acids is 1. The van der Waals surface area contributed by atoms with E-state index in [4.69, 9.17) is 10.8 Å². The number of nitrogens with two attached hydrogens (primary N) is 1. The highest BCUT2D eigenvalue weighted by Crippen LogP contribution is 2.24. The fourth-order valence-electron chi connectivity index (χ4n) is 1.97. The number of amides is 1. The van der Waals surface area contributed by atoms with Gasteiger partial charge in [0.1, 0.15) is 0 Å². The van der Waals surface area contributed by atoms with Crippen LogP contribution in [-0.4, -0.2) is 40.5 Å². The number of aliphatic carboxylic acids is 1. The number of likely N-dealkylation sites (tertiary alicyclic amines) is 1. The van der Waals surface area contributed by atoms with Gasteiger partial charge < -0.3 is 15.7 Å². The first-order chi connectivity index (χ1) is 6.99. The van der Waals surface area contributed by atoms with Crippen LogP contribution < -0.4 is 5.73 Å². The van der Waals surface area contributed by atoms with E-state index in [1.54, 1.807) is 11.8 Å². The Morgan fingerprint density at radius 3 is 2.60 bits per heavy atom. The van der Waals surface area contributed by atoms with E-state index in [-0.39, 0.29) is 11.9 Å². The van der Waals surface area contributed by atoms with Crippen molar-refractivity contribution < 1.29 is 14.7 Å². The molecule has 5 nitrogen and oxygen atoms in total. The van der Waals surface area contributed by atoms with Crippen LogP contribution in [0.1, 0.15) is 26.7 Å². The molecule has 0 aromatic carbocycles. The predicted molar refractivity (Wildman–Crippen MR) is 55.2 cm³/mol. The van der Waals surface area contributed by atoms with Gasteiger partial charge in [0.2, 0.25) is 5.91 Å². The molecular formula is C10H18N2O3. The number of carbonyl (C=O) groups is 2. The van der Waals surface area contributed by atoms with Crippen molar-refractivity contribution in [2.75, 3.05) is 6.54 Å². The molecule has 2 unspecified atom stereocenters. The van der Waals surface area contributed by atoms with Gasteiger partial charge in [0.25, 0.3) is 0 Å². The largest absolute Gasteiger partial charge is 0.481 e. The smallest absolute Gasteiger partial charge is 0.308 e. The molecule has 0 aromatic heterocycles. The Hall–Kier alpha value is -1.10. The van der Waals surface area contributed by atoms with E-state index in [0.29, 0.717) is 19.4 Å². The van der Waals surface area contributed by atoms with Gasteiger partial charge in [-0.25, -0.2) is 0 Å². The maximum Gasteiger partial charge on any atom is 0.308 e. The van der Waals surface area contributed by atoms with Crippen LogP contribution >= 0.6 is 0 Å². The third-order valence-corrected chi connectivity index (χ3v) is 3.11. The minimum absolute atomic E-state index is 0.131. The summed E-state index contributed by atoms with van der Waals surface area (Å²) >= 11 is 0. The van der Waals surface area contributed by atoms with Gasteiger partial charge in [-0.15, -0.1) is 0 Å². The second-order valence-electron chi connectivity index (χ2n) is 4.02. The highest BCUT2D eigenvalue weighted by Gasteiger charge is 2.38. The summed E-state index contributed by atoms with van der Waals surface area (Å²) in [5.74, 6) is -1.41. The Morgan fingerprint density at radius 1 is 1.60 bits per heavy atom. The molecule has 1 heterocycles. The Kier molecular flexibility index (Phi) is 3.68. The number of hydrogen-bond donors (Lipinski definition) is 2. The van der Waals surface area contributed by atoms with Gasteiger partial charge in [0.15, 0.2) is 0 Å². The van der Waals surface area contributed by atoms with Crippen molar-refractivity contribution in [3.05, 3.63) is 0 Å². The van der Waals surface area contributed by atoms with Crippen LogP contribution in [0.5, 0.6) is 0 Å². The molecular weight excluding hydrogens is 196 g/mol. The van der Waals surface area contributed by atoms with Crippen LogP contribution in [0.25, 0.3) is 0 Å². The van der Waals surface area contributed by atoms with Gasteiger partial charge in [-0.05, 0) is 19.8 Å². The normalized spacial score (nSPS) is 27.8. The minimum Gasteiger partial charge on any atom is -0.481 e. The topological polar surface area (TPSA) is 83.6 Å². The highest BCUT2D eigenvalue weighted by atomic mass is 16.4. The fraction of sp³-hybridized carbons (Fsp3) is 0.800. The lowest BCUT2D eigenvalue weighted by Crippen LogP contribution is -2.46. The SMILES string of the molecule is CC[C@@H](N)C(=O)N1CCC(C(=O)O)C1C.